The molecule has 6 heteroatoms. The van der Waals surface area contributed by atoms with Gasteiger partial charge in [0.2, 0.25) is 0 Å². The van der Waals surface area contributed by atoms with Crippen molar-refractivity contribution >= 4 is 41.7 Å². The third-order valence-electron chi connectivity index (χ3n) is 4.55. The van der Waals surface area contributed by atoms with E-state index in [1.165, 1.54) is 37.0 Å². The molecule has 0 radical (unpaired) electrons. The number of hydrogen-bond acceptors (Lipinski definition) is 3. The number of unbranched alkanes of at least 4 members (excludes halogenated alkanes) is 1. The van der Waals surface area contributed by atoms with E-state index in [1.807, 2.05) is 11.8 Å². The van der Waals surface area contributed by atoms with Crippen LogP contribution in [0, 0.1) is 0 Å². The molecule has 1 aromatic carbocycles. The molecule has 148 valence electrons. The van der Waals surface area contributed by atoms with Crippen LogP contribution in [0.2, 0.25) is 0 Å². The van der Waals surface area contributed by atoms with Gasteiger partial charge in [0.05, 0.1) is 0 Å². The monoisotopic (exact) mass is 490 g/mol. The van der Waals surface area contributed by atoms with E-state index >= 15 is 0 Å². The SMILES string of the molecule is CCNC(=NCCCCSC)NC1CCN(Cc2ccccc2)CC1.I. The van der Waals surface area contributed by atoms with E-state index in [0.717, 1.165) is 38.7 Å². The number of halogens is 1. The maximum Gasteiger partial charge on any atom is 0.191 e. The maximum absolute atomic E-state index is 4.74. The predicted molar refractivity (Wildman–Crippen MR) is 127 cm³/mol. The first-order valence-corrected chi connectivity index (χ1v) is 11.0. The molecule has 0 aliphatic carbocycles. The Morgan fingerprint density at radius 1 is 1.19 bits per heavy atom. The van der Waals surface area contributed by atoms with Crippen molar-refractivity contribution < 1.29 is 0 Å². The third kappa shape index (κ3) is 9.46. The number of likely N-dealkylation sites (tertiary alicyclic amines) is 1. The van der Waals surface area contributed by atoms with Gasteiger partial charge in [-0.2, -0.15) is 11.8 Å². The highest BCUT2D eigenvalue weighted by atomic mass is 127. The lowest BCUT2D eigenvalue weighted by Gasteiger charge is -2.33. The Labute approximate surface area is 181 Å². The zero-order valence-corrected chi connectivity index (χ0v) is 19.4. The van der Waals surface area contributed by atoms with Gasteiger partial charge in [0, 0.05) is 38.8 Å². The lowest BCUT2D eigenvalue weighted by molar-refractivity contribution is 0.198. The van der Waals surface area contributed by atoms with Crippen LogP contribution in [0.5, 0.6) is 0 Å². The van der Waals surface area contributed by atoms with Crippen molar-refractivity contribution in [3.8, 4) is 0 Å². The summed E-state index contributed by atoms with van der Waals surface area (Å²) in [6.45, 7) is 7.34. The van der Waals surface area contributed by atoms with Gasteiger partial charge in [-0.25, -0.2) is 0 Å². The summed E-state index contributed by atoms with van der Waals surface area (Å²) in [5, 5.41) is 7.03. The van der Waals surface area contributed by atoms with Gasteiger partial charge in [0.1, 0.15) is 0 Å². The van der Waals surface area contributed by atoms with Crippen LogP contribution < -0.4 is 10.6 Å². The average molecular weight is 490 g/mol. The molecule has 26 heavy (non-hydrogen) atoms. The van der Waals surface area contributed by atoms with Crippen LogP contribution in [-0.2, 0) is 6.54 Å². The first kappa shape index (κ1) is 23.6. The molecule has 0 atom stereocenters. The molecule has 2 N–H and O–H groups in total. The summed E-state index contributed by atoms with van der Waals surface area (Å²) in [5.74, 6) is 2.23. The van der Waals surface area contributed by atoms with E-state index in [4.69, 9.17) is 4.99 Å². The highest BCUT2D eigenvalue weighted by Gasteiger charge is 2.19. The first-order chi connectivity index (χ1) is 12.3. The van der Waals surface area contributed by atoms with Gasteiger partial charge in [-0.1, -0.05) is 30.3 Å². The fraction of sp³-hybridized carbons (Fsp3) is 0.650. The molecular weight excluding hydrogens is 455 g/mol. The van der Waals surface area contributed by atoms with Crippen LogP contribution in [0.25, 0.3) is 0 Å². The summed E-state index contributed by atoms with van der Waals surface area (Å²) in [7, 11) is 0. The Bertz CT molecular complexity index is 490. The average Bonchev–Trinajstić information content (AvgIpc) is 2.64. The van der Waals surface area contributed by atoms with E-state index in [9.17, 15) is 0 Å². The summed E-state index contributed by atoms with van der Waals surface area (Å²) < 4.78 is 0. The summed E-state index contributed by atoms with van der Waals surface area (Å²) in [6.07, 6.45) is 6.96. The number of guanidine groups is 1. The molecule has 1 aromatic rings. The van der Waals surface area contributed by atoms with Gasteiger partial charge in [-0.3, -0.25) is 9.89 Å². The number of benzene rings is 1. The second-order valence-electron chi connectivity index (χ2n) is 6.64. The Kier molecular flexibility index (Phi) is 13.2. The van der Waals surface area contributed by atoms with Crippen molar-refractivity contribution in [2.24, 2.45) is 4.99 Å². The largest absolute Gasteiger partial charge is 0.357 e. The molecule has 0 unspecified atom stereocenters. The highest BCUT2D eigenvalue weighted by molar-refractivity contribution is 14.0. The van der Waals surface area contributed by atoms with E-state index in [-0.39, 0.29) is 24.0 Å². The molecule has 1 aliphatic rings. The number of piperidine rings is 1. The number of rotatable bonds is 9. The second-order valence-corrected chi connectivity index (χ2v) is 7.63. The van der Waals surface area contributed by atoms with Crippen LogP contribution in [0.15, 0.2) is 35.3 Å². The molecule has 0 spiro atoms. The normalized spacial score (nSPS) is 16.2. The van der Waals surface area contributed by atoms with Crippen LogP contribution in [0.1, 0.15) is 38.2 Å². The minimum atomic E-state index is 0. The Morgan fingerprint density at radius 2 is 1.92 bits per heavy atom. The number of hydrogen-bond donors (Lipinski definition) is 2. The lowest BCUT2D eigenvalue weighted by atomic mass is 10.0. The smallest absolute Gasteiger partial charge is 0.191 e. The molecule has 0 amide bonds. The molecule has 1 heterocycles. The number of aliphatic imine (C=N–C) groups is 1. The van der Waals surface area contributed by atoms with Gasteiger partial charge in [-0.15, -0.1) is 24.0 Å². The van der Waals surface area contributed by atoms with Crippen molar-refractivity contribution in [2.75, 3.05) is 38.2 Å². The summed E-state index contributed by atoms with van der Waals surface area (Å²) >= 11 is 1.92. The Hall–Kier alpha value is -0.470. The molecule has 2 rings (SSSR count). The quantitative estimate of drug-likeness (QED) is 0.238. The molecule has 1 saturated heterocycles. The number of nitrogens with one attached hydrogen (secondary N) is 2. The topological polar surface area (TPSA) is 39.7 Å². The van der Waals surface area contributed by atoms with Gasteiger partial charge < -0.3 is 10.6 Å². The maximum atomic E-state index is 4.74. The van der Waals surface area contributed by atoms with Gasteiger partial charge >= 0.3 is 0 Å². The van der Waals surface area contributed by atoms with Gasteiger partial charge in [0.15, 0.2) is 5.96 Å². The van der Waals surface area contributed by atoms with Crippen molar-refractivity contribution in [2.45, 2.75) is 45.2 Å². The van der Waals surface area contributed by atoms with E-state index in [2.05, 4.69) is 59.0 Å². The summed E-state index contributed by atoms with van der Waals surface area (Å²) in [5.41, 5.74) is 1.41. The van der Waals surface area contributed by atoms with Crippen LogP contribution >= 0.6 is 35.7 Å². The number of thioether (sulfide) groups is 1. The Morgan fingerprint density at radius 3 is 2.58 bits per heavy atom. The standard InChI is InChI=1S/C20H34N4S.HI/c1-3-21-20(22-13-7-8-16-25-2)23-19-11-14-24(15-12-19)17-18-9-5-4-6-10-18;/h4-6,9-10,19H,3,7-8,11-17H2,1-2H3,(H2,21,22,23);1H. The fourth-order valence-corrected chi connectivity index (χ4v) is 3.63. The van der Waals surface area contributed by atoms with Crippen LogP contribution in [-0.4, -0.2) is 55.1 Å². The molecule has 0 aromatic heterocycles. The van der Waals surface area contributed by atoms with Crippen LogP contribution in [0.3, 0.4) is 0 Å². The minimum Gasteiger partial charge on any atom is -0.357 e. The molecular formula is C20H35IN4S. The molecule has 0 saturated carbocycles. The van der Waals surface area contributed by atoms with Gasteiger partial charge in [0.25, 0.3) is 0 Å². The molecule has 1 aliphatic heterocycles. The second kappa shape index (κ2) is 14.6. The van der Waals surface area contributed by atoms with E-state index in [0.29, 0.717) is 6.04 Å². The highest BCUT2D eigenvalue weighted by Crippen LogP contribution is 2.13. The van der Waals surface area contributed by atoms with Crippen molar-refractivity contribution in [1.82, 2.24) is 15.5 Å². The molecule has 4 nitrogen and oxygen atoms in total. The summed E-state index contributed by atoms with van der Waals surface area (Å²) in [4.78, 5) is 7.29. The van der Waals surface area contributed by atoms with Crippen LogP contribution in [0.4, 0.5) is 0 Å². The Balaban J connectivity index is 0.00000338. The third-order valence-corrected chi connectivity index (χ3v) is 5.25. The van der Waals surface area contributed by atoms with Crippen molar-refractivity contribution in [1.29, 1.82) is 0 Å². The first-order valence-electron chi connectivity index (χ1n) is 9.62. The predicted octanol–water partition coefficient (Wildman–Crippen LogP) is 3.97. The van der Waals surface area contributed by atoms with E-state index in [1.54, 1.807) is 0 Å². The van der Waals surface area contributed by atoms with Crippen molar-refractivity contribution in [3.05, 3.63) is 35.9 Å². The minimum absolute atomic E-state index is 0. The fourth-order valence-electron chi connectivity index (χ4n) is 3.14. The molecule has 1 fully saturated rings. The molecule has 0 bridgehead atoms. The zero-order chi connectivity index (χ0) is 17.7. The van der Waals surface area contributed by atoms with Gasteiger partial charge in [-0.05, 0) is 50.2 Å². The lowest BCUT2D eigenvalue weighted by Crippen LogP contribution is -2.48. The van der Waals surface area contributed by atoms with Crippen molar-refractivity contribution in [3.63, 3.8) is 0 Å². The van der Waals surface area contributed by atoms with E-state index < -0.39 is 0 Å². The number of nitrogens with zero attached hydrogens (tertiary/aromatic N) is 2. The summed E-state index contributed by atoms with van der Waals surface area (Å²) in [6, 6.07) is 11.3. The zero-order valence-electron chi connectivity index (χ0n) is 16.2.